The molecule has 1 amide bonds. The molecule has 1 aromatic heterocycles. The van der Waals surface area contributed by atoms with E-state index in [1.54, 1.807) is 25.1 Å². The number of aromatic hydroxyl groups is 1. The molecule has 2 heterocycles. The molecule has 0 spiro atoms. The van der Waals surface area contributed by atoms with Gasteiger partial charge in [-0.15, -0.1) is 0 Å². The molecule has 0 aliphatic carbocycles. The van der Waals surface area contributed by atoms with Gasteiger partial charge in [0.05, 0.1) is 52.2 Å². The number of phenolic OH excluding ortho intramolecular Hbond substituents is 1. The molecule has 0 fully saturated rings. The standard InChI is InChI=1S/C34H31BrClN3O8S/c1-6-46-25-12-19(11-22(35)31(25)47-16-27(40)38-21-9-7-17(2)8-10-21)13-26-32(42)39-29(20-14-23(36)30(41)24(15-20)44-4)28(33(43)45-5)18(3)37-34(39)48-26/h7-15,29,41H,6,16H2,1-5H3,(H,38,40)/b26-13+/t29-/m1/s1. The third-order valence-corrected chi connectivity index (χ3v) is 9.19. The zero-order valence-electron chi connectivity index (χ0n) is 26.6. The maximum atomic E-state index is 14.1. The first-order valence-corrected chi connectivity index (χ1v) is 16.6. The molecule has 0 unspecified atom stereocenters. The summed E-state index contributed by atoms with van der Waals surface area (Å²) >= 11 is 11.0. The molecule has 250 valence electrons. The minimum absolute atomic E-state index is 0.0198. The van der Waals surface area contributed by atoms with Crippen molar-refractivity contribution in [3.63, 3.8) is 0 Å². The number of esters is 1. The second-order valence-electron chi connectivity index (χ2n) is 10.6. The van der Waals surface area contributed by atoms with Gasteiger partial charge in [0, 0.05) is 5.69 Å². The van der Waals surface area contributed by atoms with Crippen molar-refractivity contribution in [1.82, 2.24) is 4.57 Å². The van der Waals surface area contributed by atoms with E-state index >= 15 is 0 Å². The number of ether oxygens (including phenoxy) is 4. The number of hydrogen-bond acceptors (Lipinski definition) is 10. The van der Waals surface area contributed by atoms with E-state index in [9.17, 15) is 19.5 Å². The summed E-state index contributed by atoms with van der Waals surface area (Å²) in [5.74, 6) is -0.533. The number of phenols is 1. The van der Waals surface area contributed by atoms with Crippen molar-refractivity contribution in [2.75, 3.05) is 32.8 Å². The van der Waals surface area contributed by atoms with Crippen LogP contribution in [-0.2, 0) is 14.3 Å². The number of amides is 1. The molecule has 48 heavy (non-hydrogen) atoms. The van der Waals surface area contributed by atoms with Crippen LogP contribution in [-0.4, -0.2) is 49.0 Å². The molecule has 1 atom stereocenters. The SMILES string of the molecule is CCOc1cc(/C=c2/sc3n(c2=O)[C@H](c2cc(Cl)c(O)c(OC)c2)C(C(=O)OC)=C(C)N=3)cc(Br)c1OCC(=O)Nc1ccc(C)cc1. The van der Waals surface area contributed by atoms with Gasteiger partial charge in [-0.25, -0.2) is 9.79 Å². The quantitative estimate of drug-likeness (QED) is 0.209. The maximum Gasteiger partial charge on any atom is 0.338 e. The number of nitrogens with zero attached hydrogens (tertiary/aromatic N) is 2. The van der Waals surface area contributed by atoms with Crippen molar-refractivity contribution >= 4 is 62.5 Å². The minimum atomic E-state index is -0.976. The predicted molar refractivity (Wildman–Crippen MR) is 186 cm³/mol. The largest absolute Gasteiger partial charge is 0.503 e. The second kappa shape index (κ2) is 14.7. The predicted octanol–water partition coefficient (Wildman–Crippen LogP) is 5.26. The fourth-order valence-electron chi connectivity index (χ4n) is 5.11. The lowest BCUT2D eigenvalue weighted by molar-refractivity contribution is -0.136. The number of carbonyl (C=O) groups excluding carboxylic acids is 2. The number of anilines is 1. The second-order valence-corrected chi connectivity index (χ2v) is 12.9. The number of aromatic nitrogens is 1. The number of carbonyl (C=O) groups is 2. The molecule has 1 aliphatic rings. The average molecular weight is 757 g/mol. The zero-order valence-corrected chi connectivity index (χ0v) is 29.7. The van der Waals surface area contributed by atoms with Crippen molar-refractivity contribution in [2.45, 2.75) is 26.8 Å². The maximum absolute atomic E-state index is 14.1. The zero-order chi connectivity index (χ0) is 34.7. The summed E-state index contributed by atoms with van der Waals surface area (Å²) in [5, 5.41) is 13.1. The van der Waals surface area contributed by atoms with E-state index in [2.05, 4.69) is 26.2 Å². The lowest BCUT2D eigenvalue weighted by Crippen LogP contribution is -2.39. The number of thiazole rings is 1. The summed E-state index contributed by atoms with van der Waals surface area (Å²) in [6.45, 7) is 5.48. The van der Waals surface area contributed by atoms with E-state index < -0.39 is 17.6 Å². The van der Waals surface area contributed by atoms with E-state index in [-0.39, 0.29) is 34.6 Å². The number of aryl methyl sites for hydroxylation is 1. The monoisotopic (exact) mass is 755 g/mol. The Morgan fingerprint density at radius 3 is 2.50 bits per heavy atom. The first kappa shape index (κ1) is 34.7. The summed E-state index contributed by atoms with van der Waals surface area (Å²) in [5.41, 5.74) is 2.80. The lowest BCUT2D eigenvalue weighted by atomic mass is 9.95. The fraction of sp³-hybridized carbons (Fsp3) is 0.235. The Morgan fingerprint density at radius 1 is 1.10 bits per heavy atom. The Balaban J connectivity index is 1.54. The van der Waals surface area contributed by atoms with Crippen LogP contribution >= 0.6 is 38.9 Å². The Kier molecular flexibility index (Phi) is 10.6. The summed E-state index contributed by atoms with van der Waals surface area (Å²) < 4.78 is 24.3. The van der Waals surface area contributed by atoms with Gasteiger partial charge in [-0.2, -0.15) is 0 Å². The Labute approximate surface area is 292 Å². The molecule has 0 saturated carbocycles. The number of allylic oxidation sites excluding steroid dienone is 1. The van der Waals surface area contributed by atoms with Crippen molar-refractivity contribution in [1.29, 1.82) is 0 Å². The van der Waals surface area contributed by atoms with Crippen LogP contribution in [0.2, 0.25) is 5.02 Å². The van der Waals surface area contributed by atoms with Crippen LogP contribution in [0, 0.1) is 6.92 Å². The molecule has 0 bridgehead atoms. The summed E-state index contributed by atoms with van der Waals surface area (Å²) in [4.78, 5) is 44.6. The smallest absolute Gasteiger partial charge is 0.338 e. The summed E-state index contributed by atoms with van der Waals surface area (Å²) in [6.07, 6.45) is 1.67. The minimum Gasteiger partial charge on any atom is -0.503 e. The summed E-state index contributed by atoms with van der Waals surface area (Å²) in [7, 11) is 2.61. The van der Waals surface area contributed by atoms with Gasteiger partial charge < -0.3 is 29.4 Å². The van der Waals surface area contributed by atoms with Gasteiger partial charge in [-0.05, 0) is 90.3 Å². The average Bonchev–Trinajstić information content (AvgIpc) is 3.35. The number of nitrogens with one attached hydrogen (secondary N) is 1. The highest BCUT2D eigenvalue weighted by atomic mass is 79.9. The van der Waals surface area contributed by atoms with Crippen LogP contribution < -0.4 is 34.4 Å². The summed E-state index contributed by atoms with van der Waals surface area (Å²) in [6, 6.07) is 12.9. The fourth-order valence-corrected chi connectivity index (χ4v) is 6.95. The van der Waals surface area contributed by atoms with Crippen LogP contribution in [0.4, 0.5) is 5.69 Å². The molecule has 5 rings (SSSR count). The van der Waals surface area contributed by atoms with Gasteiger partial charge in [-0.3, -0.25) is 14.2 Å². The van der Waals surface area contributed by atoms with Crippen molar-refractivity contribution in [3.05, 3.63) is 106 Å². The van der Waals surface area contributed by atoms with Crippen LogP contribution in [0.15, 0.2) is 74.1 Å². The molecule has 11 nitrogen and oxygen atoms in total. The van der Waals surface area contributed by atoms with Gasteiger partial charge in [0.15, 0.2) is 34.4 Å². The van der Waals surface area contributed by atoms with Crippen LogP contribution in [0.5, 0.6) is 23.0 Å². The van der Waals surface area contributed by atoms with Crippen molar-refractivity contribution in [2.24, 2.45) is 4.99 Å². The molecular formula is C34H31BrClN3O8S. The van der Waals surface area contributed by atoms with Gasteiger partial charge >= 0.3 is 5.97 Å². The van der Waals surface area contributed by atoms with E-state index in [0.29, 0.717) is 54.4 Å². The molecule has 4 aromatic rings. The Morgan fingerprint density at radius 2 is 1.83 bits per heavy atom. The number of fused-ring (bicyclic) bond motifs is 1. The number of rotatable bonds is 10. The van der Waals surface area contributed by atoms with Gasteiger partial charge in [0.2, 0.25) is 0 Å². The van der Waals surface area contributed by atoms with E-state index in [1.807, 2.05) is 38.1 Å². The van der Waals surface area contributed by atoms with E-state index in [0.717, 1.165) is 16.9 Å². The number of halogens is 2. The first-order chi connectivity index (χ1) is 22.9. The first-order valence-electron chi connectivity index (χ1n) is 14.6. The van der Waals surface area contributed by atoms with Gasteiger partial charge in [0.1, 0.15) is 0 Å². The highest BCUT2D eigenvalue weighted by Crippen LogP contribution is 2.40. The molecule has 14 heteroatoms. The Hall–Kier alpha value is -4.59. The van der Waals surface area contributed by atoms with Crippen LogP contribution in [0.1, 0.15) is 36.6 Å². The van der Waals surface area contributed by atoms with Crippen LogP contribution in [0.3, 0.4) is 0 Å². The van der Waals surface area contributed by atoms with Gasteiger partial charge in [0.25, 0.3) is 11.5 Å². The molecule has 0 saturated heterocycles. The van der Waals surface area contributed by atoms with Crippen molar-refractivity contribution in [3.8, 4) is 23.0 Å². The number of methoxy groups -OCH3 is 2. The highest BCUT2D eigenvalue weighted by Gasteiger charge is 2.34. The van der Waals surface area contributed by atoms with Crippen molar-refractivity contribution < 1.29 is 33.6 Å². The third kappa shape index (κ3) is 7.13. The number of hydrogen-bond donors (Lipinski definition) is 2. The molecule has 3 aromatic carbocycles. The lowest BCUT2D eigenvalue weighted by Gasteiger charge is -2.25. The third-order valence-electron chi connectivity index (χ3n) is 7.33. The molecule has 1 aliphatic heterocycles. The van der Waals surface area contributed by atoms with Crippen LogP contribution in [0.25, 0.3) is 6.08 Å². The van der Waals surface area contributed by atoms with E-state index in [4.69, 9.17) is 30.5 Å². The molecule has 2 N–H and O–H groups in total. The Bertz CT molecular complexity index is 2130. The normalized spacial score (nSPS) is 14.2. The molecular weight excluding hydrogens is 726 g/mol. The number of benzene rings is 3. The highest BCUT2D eigenvalue weighted by molar-refractivity contribution is 9.10. The van der Waals surface area contributed by atoms with Gasteiger partial charge in [-0.1, -0.05) is 40.6 Å². The topological polar surface area (TPSA) is 138 Å². The molecule has 0 radical (unpaired) electrons. The van der Waals surface area contributed by atoms with E-state index in [1.165, 1.54) is 30.9 Å².